The highest BCUT2D eigenvalue weighted by Gasteiger charge is 2.20. The predicted molar refractivity (Wildman–Crippen MR) is 74.3 cm³/mol. The maximum Gasteiger partial charge on any atom is 0.255 e. The van der Waals surface area contributed by atoms with Crippen molar-refractivity contribution in [3.05, 3.63) is 57.3 Å². The average Bonchev–Trinajstić information content (AvgIpc) is 2.41. The molecule has 0 bridgehead atoms. The Bertz CT molecular complexity index is 677. The van der Waals surface area contributed by atoms with Crippen LogP contribution in [0.4, 0.5) is 8.78 Å². The summed E-state index contributed by atoms with van der Waals surface area (Å²) in [4.78, 5) is 12.1. The van der Waals surface area contributed by atoms with Gasteiger partial charge in [-0.2, -0.15) is 0 Å². The van der Waals surface area contributed by atoms with E-state index in [4.69, 9.17) is 23.2 Å². The third-order valence-corrected chi connectivity index (χ3v) is 3.21. The lowest BCUT2D eigenvalue weighted by molar-refractivity contribution is 0.0938. The number of amides is 1. The molecule has 4 nitrogen and oxygen atoms in total. The van der Waals surface area contributed by atoms with Crippen molar-refractivity contribution < 1.29 is 13.6 Å². The predicted octanol–water partition coefficient (Wildman–Crippen LogP) is 3.55. The Labute approximate surface area is 129 Å². The van der Waals surface area contributed by atoms with E-state index < -0.39 is 23.6 Å². The fraction of sp³-hybridized carbons (Fsp3) is 0.154. The third kappa shape index (κ3) is 3.46. The van der Waals surface area contributed by atoms with Crippen molar-refractivity contribution in [2.24, 2.45) is 0 Å². The first-order valence-corrected chi connectivity index (χ1v) is 6.59. The minimum absolute atomic E-state index is 0.0192. The van der Waals surface area contributed by atoms with E-state index in [1.54, 1.807) is 0 Å². The van der Waals surface area contributed by atoms with Crippen LogP contribution in [-0.4, -0.2) is 16.1 Å². The summed E-state index contributed by atoms with van der Waals surface area (Å²) in [6.45, 7) is 1.45. The largest absolute Gasteiger partial charge is 0.345 e. The summed E-state index contributed by atoms with van der Waals surface area (Å²) >= 11 is 11.4. The lowest BCUT2D eigenvalue weighted by atomic mass is 10.1. The van der Waals surface area contributed by atoms with Gasteiger partial charge in [0.2, 0.25) is 0 Å². The van der Waals surface area contributed by atoms with E-state index in [-0.39, 0.29) is 21.4 Å². The lowest BCUT2D eigenvalue weighted by Gasteiger charge is -2.16. The monoisotopic (exact) mass is 331 g/mol. The molecular weight excluding hydrogens is 323 g/mol. The first-order valence-electron chi connectivity index (χ1n) is 5.83. The summed E-state index contributed by atoms with van der Waals surface area (Å²) in [5.74, 6) is -2.16. The lowest BCUT2D eigenvalue weighted by Crippen LogP contribution is -2.28. The molecule has 1 atom stereocenters. The third-order valence-electron chi connectivity index (χ3n) is 2.74. The number of hydrogen-bond donors (Lipinski definition) is 1. The summed E-state index contributed by atoms with van der Waals surface area (Å²) < 4.78 is 27.3. The maximum atomic E-state index is 13.6. The van der Waals surface area contributed by atoms with Gasteiger partial charge >= 0.3 is 0 Å². The summed E-state index contributed by atoms with van der Waals surface area (Å²) in [5.41, 5.74) is -0.268. The van der Waals surface area contributed by atoms with Crippen LogP contribution in [0.15, 0.2) is 24.3 Å². The van der Waals surface area contributed by atoms with E-state index in [1.807, 2.05) is 0 Å². The second-order valence-corrected chi connectivity index (χ2v) is 4.95. The number of benzene rings is 1. The molecule has 8 heteroatoms. The van der Waals surface area contributed by atoms with E-state index in [9.17, 15) is 13.6 Å². The number of nitrogens with one attached hydrogen (secondary N) is 1. The molecule has 1 N–H and O–H groups in total. The van der Waals surface area contributed by atoms with Gasteiger partial charge in [0.1, 0.15) is 11.6 Å². The van der Waals surface area contributed by atoms with Crippen molar-refractivity contribution in [1.82, 2.24) is 15.5 Å². The first kappa shape index (κ1) is 15.6. The highest BCUT2D eigenvalue weighted by molar-refractivity contribution is 6.34. The first-order chi connectivity index (χ1) is 9.90. The Balaban J connectivity index is 2.25. The number of rotatable bonds is 3. The molecule has 1 aromatic heterocycles. The van der Waals surface area contributed by atoms with Crippen LogP contribution in [0.5, 0.6) is 0 Å². The fourth-order valence-electron chi connectivity index (χ4n) is 1.78. The fourth-order valence-corrected chi connectivity index (χ4v) is 2.11. The zero-order chi connectivity index (χ0) is 15.6. The molecule has 1 amide bonds. The van der Waals surface area contributed by atoms with Gasteiger partial charge in [-0.15, -0.1) is 10.2 Å². The van der Waals surface area contributed by atoms with E-state index in [0.717, 1.165) is 12.1 Å². The highest BCUT2D eigenvalue weighted by atomic mass is 35.5. The van der Waals surface area contributed by atoms with Crippen LogP contribution >= 0.6 is 23.2 Å². The molecule has 1 unspecified atom stereocenters. The highest BCUT2D eigenvalue weighted by Crippen LogP contribution is 2.22. The average molecular weight is 332 g/mol. The van der Waals surface area contributed by atoms with Gasteiger partial charge in [0.25, 0.3) is 5.91 Å². The SMILES string of the molecule is CC(NC(=O)c1cc(Cl)nnc1Cl)c1c(F)cccc1F. The summed E-state index contributed by atoms with van der Waals surface area (Å²) in [5, 5.41) is 9.22. The molecule has 1 aromatic carbocycles. The Morgan fingerprint density at radius 3 is 2.48 bits per heavy atom. The minimum atomic E-state index is -0.901. The van der Waals surface area contributed by atoms with Gasteiger partial charge in [-0.1, -0.05) is 29.3 Å². The molecule has 0 saturated carbocycles. The number of aromatic nitrogens is 2. The molecule has 1 heterocycles. The van der Waals surface area contributed by atoms with Crippen LogP contribution in [0.1, 0.15) is 28.9 Å². The zero-order valence-electron chi connectivity index (χ0n) is 10.7. The van der Waals surface area contributed by atoms with Crippen molar-refractivity contribution in [3.63, 3.8) is 0 Å². The van der Waals surface area contributed by atoms with Crippen LogP contribution in [0, 0.1) is 11.6 Å². The van der Waals surface area contributed by atoms with Gasteiger partial charge in [0.15, 0.2) is 10.3 Å². The van der Waals surface area contributed by atoms with Crippen molar-refractivity contribution in [2.45, 2.75) is 13.0 Å². The molecule has 0 saturated heterocycles. The van der Waals surface area contributed by atoms with Crippen LogP contribution in [0.3, 0.4) is 0 Å². The molecule has 0 spiro atoms. The standard InChI is InChI=1S/C13H9Cl2F2N3O/c1-6(11-8(16)3-2-4-9(11)17)18-13(21)7-5-10(14)19-20-12(7)15/h2-6H,1H3,(H,18,21). The van der Waals surface area contributed by atoms with Crippen LogP contribution in [0.2, 0.25) is 10.3 Å². The van der Waals surface area contributed by atoms with E-state index in [0.29, 0.717) is 0 Å². The van der Waals surface area contributed by atoms with Gasteiger partial charge < -0.3 is 5.32 Å². The van der Waals surface area contributed by atoms with Crippen LogP contribution < -0.4 is 5.32 Å². The molecule has 2 rings (SSSR count). The van der Waals surface area contributed by atoms with Crippen molar-refractivity contribution in [1.29, 1.82) is 0 Å². The second kappa shape index (κ2) is 6.32. The van der Waals surface area contributed by atoms with Crippen molar-refractivity contribution in [2.75, 3.05) is 0 Å². The summed E-state index contributed by atoms with van der Waals surface area (Å²) in [7, 11) is 0. The normalized spacial score (nSPS) is 12.0. The van der Waals surface area contributed by atoms with E-state index >= 15 is 0 Å². The second-order valence-electron chi connectivity index (χ2n) is 4.20. The molecule has 2 aromatic rings. The molecular formula is C13H9Cl2F2N3O. The van der Waals surface area contributed by atoms with Crippen LogP contribution in [0.25, 0.3) is 0 Å². The Morgan fingerprint density at radius 2 is 1.86 bits per heavy atom. The Hall–Kier alpha value is -1.79. The molecule has 0 aliphatic rings. The number of hydrogen-bond acceptors (Lipinski definition) is 3. The van der Waals surface area contributed by atoms with Crippen molar-refractivity contribution in [3.8, 4) is 0 Å². The van der Waals surface area contributed by atoms with E-state index in [1.165, 1.54) is 19.1 Å². The Kier molecular flexibility index (Phi) is 4.69. The molecule has 0 aliphatic heterocycles. The van der Waals surface area contributed by atoms with Gasteiger partial charge in [0.05, 0.1) is 11.6 Å². The van der Waals surface area contributed by atoms with Gasteiger partial charge in [-0.25, -0.2) is 8.78 Å². The number of carbonyl (C=O) groups is 1. The summed E-state index contributed by atoms with van der Waals surface area (Å²) in [6, 6.07) is 3.78. The topological polar surface area (TPSA) is 54.9 Å². The minimum Gasteiger partial charge on any atom is -0.345 e. The Morgan fingerprint density at radius 1 is 1.24 bits per heavy atom. The number of carbonyl (C=O) groups excluding carboxylic acids is 1. The molecule has 0 fully saturated rings. The maximum absolute atomic E-state index is 13.6. The van der Waals surface area contributed by atoms with Crippen LogP contribution in [-0.2, 0) is 0 Å². The molecule has 110 valence electrons. The van der Waals surface area contributed by atoms with Gasteiger partial charge in [-0.3, -0.25) is 4.79 Å². The quantitative estimate of drug-likeness (QED) is 0.935. The number of halogens is 4. The van der Waals surface area contributed by atoms with Gasteiger partial charge in [-0.05, 0) is 25.1 Å². The molecule has 0 aliphatic carbocycles. The molecule has 0 radical (unpaired) electrons. The van der Waals surface area contributed by atoms with E-state index in [2.05, 4.69) is 15.5 Å². The summed E-state index contributed by atoms with van der Waals surface area (Å²) in [6.07, 6.45) is 0. The smallest absolute Gasteiger partial charge is 0.255 e. The molecule has 21 heavy (non-hydrogen) atoms. The zero-order valence-corrected chi connectivity index (χ0v) is 12.2. The number of nitrogens with zero attached hydrogens (tertiary/aromatic N) is 2. The van der Waals surface area contributed by atoms with Gasteiger partial charge in [0, 0.05) is 5.56 Å². The van der Waals surface area contributed by atoms with Crippen molar-refractivity contribution >= 4 is 29.1 Å².